The van der Waals surface area contributed by atoms with Crippen molar-refractivity contribution in [1.29, 1.82) is 0 Å². The summed E-state index contributed by atoms with van der Waals surface area (Å²) in [5, 5.41) is 3.48. The summed E-state index contributed by atoms with van der Waals surface area (Å²) in [6.07, 6.45) is 0. The molecule has 1 heterocycles. The molecule has 1 N–H and O–H groups in total. The molecule has 1 atom stereocenters. The zero-order valence-corrected chi connectivity index (χ0v) is 7.98. The minimum atomic E-state index is 0.00637. The Hall–Kier alpha value is -0.0800. The Labute approximate surface area is 69.3 Å². The Morgan fingerprint density at radius 3 is 2.45 bits per heavy atom. The van der Waals surface area contributed by atoms with E-state index in [1.165, 1.54) is 0 Å². The molecule has 2 heteroatoms. The van der Waals surface area contributed by atoms with Gasteiger partial charge in [-0.05, 0) is 19.8 Å². The second-order valence-corrected chi connectivity index (χ2v) is 4.13. The minimum Gasteiger partial charge on any atom is -0.373 e. The summed E-state index contributed by atoms with van der Waals surface area (Å²) in [5.74, 6) is 0.644. The van der Waals surface area contributed by atoms with Gasteiger partial charge in [0.15, 0.2) is 0 Å². The van der Waals surface area contributed by atoms with Crippen LogP contribution in [0.25, 0.3) is 0 Å². The Balaban J connectivity index is 2.60. The quantitative estimate of drug-likeness (QED) is 0.621. The van der Waals surface area contributed by atoms with Crippen LogP contribution in [-0.4, -0.2) is 24.8 Å². The number of ether oxygens (including phenoxy) is 1. The third-order valence-electron chi connectivity index (χ3n) is 2.36. The van der Waals surface area contributed by atoms with Gasteiger partial charge in [0.1, 0.15) is 0 Å². The van der Waals surface area contributed by atoms with Gasteiger partial charge in [-0.1, -0.05) is 13.8 Å². The van der Waals surface area contributed by atoms with E-state index >= 15 is 0 Å². The van der Waals surface area contributed by atoms with Crippen molar-refractivity contribution >= 4 is 0 Å². The van der Waals surface area contributed by atoms with Gasteiger partial charge < -0.3 is 10.1 Å². The van der Waals surface area contributed by atoms with Gasteiger partial charge in [0, 0.05) is 12.6 Å². The summed E-state index contributed by atoms with van der Waals surface area (Å²) in [5.41, 5.74) is 0.00637. The van der Waals surface area contributed by atoms with E-state index in [-0.39, 0.29) is 5.60 Å². The Morgan fingerprint density at radius 1 is 1.45 bits per heavy atom. The predicted molar refractivity (Wildman–Crippen MR) is 46.7 cm³/mol. The van der Waals surface area contributed by atoms with E-state index in [9.17, 15) is 0 Å². The van der Waals surface area contributed by atoms with Crippen molar-refractivity contribution in [2.75, 3.05) is 13.2 Å². The molecule has 0 saturated carbocycles. The van der Waals surface area contributed by atoms with Crippen LogP contribution in [0.4, 0.5) is 0 Å². The molecule has 0 aliphatic carbocycles. The maximum Gasteiger partial charge on any atom is 0.0781 e. The molecule has 1 saturated heterocycles. The van der Waals surface area contributed by atoms with Crippen LogP contribution in [0.3, 0.4) is 0 Å². The molecule has 11 heavy (non-hydrogen) atoms. The SMILES string of the molecule is CC(C)[C@@H]1NCCOC1(C)C. The summed E-state index contributed by atoms with van der Waals surface area (Å²) in [7, 11) is 0. The van der Waals surface area contributed by atoms with Crippen molar-refractivity contribution in [3.8, 4) is 0 Å². The first-order valence-corrected chi connectivity index (χ1v) is 4.41. The molecule has 0 bridgehead atoms. The first-order chi connectivity index (χ1) is 5.04. The fraction of sp³-hybridized carbons (Fsp3) is 1.00. The van der Waals surface area contributed by atoms with Gasteiger partial charge in [-0.25, -0.2) is 0 Å². The fourth-order valence-electron chi connectivity index (χ4n) is 1.90. The van der Waals surface area contributed by atoms with E-state index in [1.807, 2.05) is 0 Å². The van der Waals surface area contributed by atoms with E-state index in [0.29, 0.717) is 12.0 Å². The lowest BCUT2D eigenvalue weighted by Crippen LogP contribution is -2.57. The van der Waals surface area contributed by atoms with Crippen molar-refractivity contribution < 1.29 is 4.74 Å². The van der Waals surface area contributed by atoms with E-state index in [0.717, 1.165) is 13.2 Å². The highest BCUT2D eigenvalue weighted by Gasteiger charge is 2.34. The van der Waals surface area contributed by atoms with E-state index in [1.54, 1.807) is 0 Å². The van der Waals surface area contributed by atoms with Crippen LogP contribution in [-0.2, 0) is 4.74 Å². The zero-order chi connectivity index (χ0) is 8.48. The zero-order valence-electron chi connectivity index (χ0n) is 7.98. The molecule has 1 aliphatic heterocycles. The molecular formula is C9H19NO. The number of morpholine rings is 1. The Kier molecular flexibility index (Phi) is 2.55. The van der Waals surface area contributed by atoms with Gasteiger partial charge in [-0.3, -0.25) is 0 Å². The van der Waals surface area contributed by atoms with Crippen molar-refractivity contribution in [1.82, 2.24) is 5.32 Å². The highest BCUT2D eigenvalue weighted by atomic mass is 16.5. The maximum atomic E-state index is 5.68. The molecule has 66 valence electrons. The van der Waals surface area contributed by atoms with Crippen LogP contribution >= 0.6 is 0 Å². The third kappa shape index (κ3) is 1.94. The topological polar surface area (TPSA) is 21.3 Å². The van der Waals surface area contributed by atoms with Gasteiger partial charge in [0.05, 0.1) is 12.2 Å². The van der Waals surface area contributed by atoms with Crippen molar-refractivity contribution in [2.45, 2.75) is 39.3 Å². The maximum absolute atomic E-state index is 5.68. The van der Waals surface area contributed by atoms with Crippen LogP contribution in [0.1, 0.15) is 27.7 Å². The summed E-state index contributed by atoms with van der Waals surface area (Å²) >= 11 is 0. The second-order valence-electron chi connectivity index (χ2n) is 4.13. The van der Waals surface area contributed by atoms with Gasteiger partial charge in [0.25, 0.3) is 0 Å². The van der Waals surface area contributed by atoms with E-state index in [4.69, 9.17) is 4.74 Å². The van der Waals surface area contributed by atoms with Gasteiger partial charge in [-0.15, -0.1) is 0 Å². The lowest BCUT2D eigenvalue weighted by Gasteiger charge is -2.41. The monoisotopic (exact) mass is 157 g/mol. The van der Waals surface area contributed by atoms with Crippen LogP contribution in [0.2, 0.25) is 0 Å². The third-order valence-corrected chi connectivity index (χ3v) is 2.36. The van der Waals surface area contributed by atoms with Crippen LogP contribution in [0, 0.1) is 5.92 Å². The molecule has 2 nitrogen and oxygen atoms in total. The summed E-state index contributed by atoms with van der Waals surface area (Å²) in [4.78, 5) is 0. The Morgan fingerprint density at radius 2 is 2.09 bits per heavy atom. The lowest BCUT2D eigenvalue weighted by atomic mass is 9.88. The van der Waals surface area contributed by atoms with Gasteiger partial charge in [-0.2, -0.15) is 0 Å². The standard InChI is InChI=1S/C9H19NO/c1-7(2)8-9(3,4)11-6-5-10-8/h7-8,10H,5-6H2,1-4H3/t8-/m0/s1. The average Bonchev–Trinajstić information content (AvgIpc) is 1.85. The molecule has 0 unspecified atom stereocenters. The normalized spacial score (nSPS) is 30.8. The molecule has 0 aromatic rings. The molecule has 0 aromatic heterocycles. The van der Waals surface area contributed by atoms with Crippen LogP contribution in [0.5, 0.6) is 0 Å². The highest BCUT2D eigenvalue weighted by Crippen LogP contribution is 2.23. The second kappa shape index (κ2) is 3.11. The van der Waals surface area contributed by atoms with Gasteiger partial charge in [0.2, 0.25) is 0 Å². The largest absolute Gasteiger partial charge is 0.373 e. The molecule has 1 aliphatic rings. The first-order valence-electron chi connectivity index (χ1n) is 4.41. The first kappa shape index (κ1) is 9.01. The predicted octanol–water partition coefficient (Wildman–Crippen LogP) is 1.41. The lowest BCUT2D eigenvalue weighted by molar-refractivity contribution is -0.0821. The average molecular weight is 157 g/mol. The minimum absolute atomic E-state index is 0.00637. The molecule has 0 aromatic carbocycles. The van der Waals surface area contributed by atoms with Crippen molar-refractivity contribution in [2.24, 2.45) is 5.92 Å². The highest BCUT2D eigenvalue weighted by molar-refractivity contribution is 4.90. The Bertz CT molecular complexity index is 132. The van der Waals surface area contributed by atoms with E-state index in [2.05, 4.69) is 33.0 Å². The van der Waals surface area contributed by atoms with E-state index < -0.39 is 0 Å². The molecule has 0 spiro atoms. The summed E-state index contributed by atoms with van der Waals surface area (Å²) < 4.78 is 5.68. The summed E-state index contributed by atoms with van der Waals surface area (Å²) in [6.45, 7) is 10.6. The van der Waals surface area contributed by atoms with Gasteiger partial charge >= 0.3 is 0 Å². The molecular weight excluding hydrogens is 138 g/mol. The number of hydrogen-bond donors (Lipinski definition) is 1. The smallest absolute Gasteiger partial charge is 0.0781 e. The summed E-state index contributed by atoms with van der Waals surface area (Å²) in [6, 6.07) is 0.497. The van der Waals surface area contributed by atoms with Crippen molar-refractivity contribution in [3.05, 3.63) is 0 Å². The van der Waals surface area contributed by atoms with Crippen molar-refractivity contribution in [3.63, 3.8) is 0 Å². The molecule has 1 rings (SSSR count). The number of hydrogen-bond acceptors (Lipinski definition) is 2. The fourth-order valence-corrected chi connectivity index (χ4v) is 1.90. The molecule has 0 radical (unpaired) electrons. The van der Waals surface area contributed by atoms with Crippen LogP contribution in [0.15, 0.2) is 0 Å². The number of rotatable bonds is 1. The molecule has 0 amide bonds. The number of nitrogens with one attached hydrogen (secondary N) is 1. The van der Waals surface area contributed by atoms with Crippen LogP contribution < -0.4 is 5.32 Å². The molecule has 1 fully saturated rings.